The summed E-state index contributed by atoms with van der Waals surface area (Å²) in [6.45, 7) is 0. The van der Waals surface area contributed by atoms with Gasteiger partial charge in [-0.15, -0.1) is 12.4 Å². The lowest BCUT2D eigenvalue weighted by molar-refractivity contribution is -0.140. The Kier molecular flexibility index (Phi) is 6.71. The fourth-order valence-electron chi connectivity index (χ4n) is 2.80. The van der Waals surface area contributed by atoms with Crippen LogP contribution in [0.15, 0.2) is 36.5 Å². The monoisotopic (exact) mass is 398 g/mol. The van der Waals surface area contributed by atoms with Gasteiger partial charge in [-0.3, -0.25) is 9.78 Å². The molecule has 0 aliphatic heterocycles. The number of carbonyl (C=O) groups excluding carboxylic acids is 1. The minimum Gasteiger partial charge on any atom is -0.469 e. The summed E-state index contributed by atoms with van der Waals surface area (Å²) in [6, 6.07) is 9.31. The molecule has 7 heteroatoms. The molecule has 25 heavy (non-hydrogen) atoms. The van der Waals surface area contributed by atoms with Crippen LogP contribution in [0, 0.1) is 0 Å². The van der Waals surface area contributed by atoms with E-state index < -0.39 is 0 Å². The van der Waals surface area contributed by atoms with Gasteiger partial charge >= 0.3 is 5.97 Å². The highest BCUT2D eigenvalue weighted by molar-refractivity contribution is 6.39. The summed E-state index contributed by atoms with van der Waals surface area (Å²) < 4.78 is 4.71. The van der Waals surface area contributed by atoms with Crippen molar-refractivity contribution in [1.82, 2.24) is 9.97 Å². The fraction of sp³-hybridized carbons (Fsp3) is 0.222. The first kappa shape index (κ1) is 19.6. The Hall–Kier alpha value is -1.75. The lowest BCUT2D eigenvalue weighted by Gasteiger charge is -2.05. The van der Waals surface area contributed by atoms with Crippen LogP contribution in [0.2, 0.25) is 10.0 Å². The molecule has 0 atom stereocenters. The summed E-state index contributed by atoms with van der Waals surface area (Å²) in [5.41, 5.74) is 3.63. The molecule has 0 saturated heterocycles. The topological polar surface area (TPSA) is 55.0 Å². The Morgan fingerprint density at radius 1 is 1.28 bits per heavy atom. The largest absolute Gasteiger partial charge is 0.469 e. The van der Waals surface area contributed by atoms with Crippen LogP contribution in [-0.2, 0) is 16.0 Å². The van der Waals surface area contributed by atoms with Gasteiger partial charge in [-0.25, -0.2) is 0 Å². The third-order valence-corrected chi connectivity index (χ3v) is 4.39. The van der Waals surface area contributed by atoms with Crippen molar-refractivity contribution in [3.63, 3.8) is 0 Å². The van der Waals surface area contributed by atoms with E-state index in [4.69, 9.17) is 27.9 Å². The van der Waals surface area contributed by atoms with E-state index in [0.717, 1.165) is 27.9 Å². The Balaban J connectivity index is 0.00000225. The van der Waals surface area contributed by atoms with Gasteiger partial charge in [-0.1, -0.05) is 29.3 Å². The predicted molar refractivity (Wildman–Crippen MR) is 104 cm³/mol. The van der Waals surface area contributed by atoms with Gasteiger partial charge in [0.2, 0.25) is 0 Å². The van der Waals surface area contributed by atoms with Crippen molar-refractivity contribution in [3.05, 3.63) is 52.1 Å². The molecule has 132 valence electrons. The van der Waals surface area contributed by atoms with Crippen molar-refractivity contribution >= 4 is 52.5 Å². The van der Waals surface area contributed by atoms with Crippen molar-refractivity contribution in [2.24, 2.45) is 0 Å². The molecule has 0 saturated carbocycles. The number of benzene rings is 1. The molecule has 2 aromatic heterocycles. The molecule has 0 amide bonds. The third-order valence-electron chi connectivity index (χ3n) is 3.87. The van der Waals surface area contributed by atoms with Gasteiger partial charge in [0, 0.05) is 28.5 Å². The number of nitrogens with one attached hydrogen (secondary N) is 1. The predicted octanol–water partition coefficient (Wildman–Crippen LogP) is 5.45. The highest BCUT2D eigenvalue weighted by Crippen LogP contribution is 2.36. The van der Waals surface area contributed by atoms with Crippen molar-refractivity contribution in [2.75, 3.05) is 7.11 Å². The van der Waals surface area contributed by atoms with Gasteiger partial charge in [0.15, 0.2) is 0 Å². The average molecular weight is 400 g/mol. The maximum absolute atomic E-state index is 11.4. The molecule has 0 unspecified atom stereocenters. The number of hydrogen-bond acceptors (Lipinski definition) is 3. The van der Waals surface area contributed by atoms with E-state index in [1.54, 1.807) is 12.3 Å². The zero-order valence-electron chi connectivity index (χ0n) is 13.5. The summed E-state index contributed by atoms with van der Waals surface area (Å²) in [5, 5.41) is 2.08. The summed E-state index contributed by atoms with van der Waals surface area (Å²) >= 11 is 12.5. The van der Waals surface area contributed by atoms with E-state index in [-0.39, 0.29) is 18.4 Å². The second kappa shape index (κ2) is 8.56. The van der Waals surface area contributed by atoms with Crippen molar-refractivity contribution < 1.29 is 9.53 Å². The highest BCUT2D eigenvalue weighted by atomic mass is 35.5. The van der Waals surface area contributed by atoms with Crippen LogP contribution < -0.4 is 0 Å². The summed E-state index contributed by atoms with van der Waals surface area (Å²) in [6.07, 6.45) is 3.45. The number of rotatable bonds is 5. The Bertz CT molecular complexity index is 879. The number of H-pyrrole nitrogens is 1. The van der Waals surface area contributed by atoms with Crippen LogP contribution in [0.4, 0.5) is 0 Å². The van der Waals surface area contributed by atoms with Gasteiger partial charge in [0.05, 0.1) is 23.5 Å². The molecule has 0 aliphatic rings. The van der Waals surface area contributed by atoms with Gasteiger partial charge in [-0.05, 0) is 42.7 Å². The molecular formula is C18H17Cl3N2O2. The molecule has 3 aromatic rings. The van der Waals surface area contributed by atoms with E-state index in [1.807, 2.05) is 24.3 Å². The van der Waals surface area contributed by atoms with Crippen molar-refractivity contribution in [2.45, 2.75) is 19.3 Å². The maximum Gasteiger partial charge on any atom is 0.305 e. The number of aromatic amines is 1. The first-order chi connectivity index (χ1) is 11.6. The van der Waals surface area contributed by atoms with Gasteiger partial charge in [-0.2, -0.15) is 0 Å². The molecule has 0 fully saturated rings. The second-order valence-corrected chi connectivity index (χ2v) is 6.28. The number of aromatic nitrogens is 2. The molecule has 0 bridgehead atoms. The Morgan fingerprint density at radius 3 is 2.76 bits per heavy atom. The number of halogens is 3. The van der Waals surface area contributed by atoms with Crippen LogP contribution in [0.25, 0.3) is 22.3 Å². The standard InChI is InChI=1S/C18H16Cl2N2O2.ClH/c1-24-16(23)7-4-5-12-17-13(20)9-11(19)10-15(17)22-18(12)14-6-2-3-8-21-14;/h2-3,6,8-10,22H,4-5,7H2,1H3;1H. The zero-order valence-corrected chi connectivity index (χ0v) is 15.8. The normalized spacial score (nSPS) is 10.5. The molecule has 1 N–H and O–H groups in total. The third kappa shape index (κ3) is 4.27. The maximum atomic E-state index is 11.4. The van der Waals surface area contributed by atoms with Gasteiger partial charge in [0.1, 0.15) is 0 Å². The molecule has 2 heterocycles. The molecule has 0 aliphatic carbocycles. The number of aryl methyl sites for hydroxylation is 1. The number of hydrogen-bond donors (Lipinski definition) is 1. The highest BCUT2D eigenvalue weighted by Gasteiger charge is 2.17. The zero-order chi connectivity index (χ0) is 17.1. The summed E-state index contributed by atoms with van der Waals surface area (Å²) in [7, 11) is 1.40. The molecule has 3 rings (SSSR count). The summed E-state index contributed by atoms with van der Waals surface area (Å²) in [4.78, 5) is 19.2. The minimum atomic E-state index is -0.219. The van der Waals surface area contributed by atoms with E-state index in [2.05, 4.69) is 9.97 Å². The number of nitrogens with zero attached hydrogens (tertiary/aromatic N) is 1. The first-order valence-corrected chi connectivity index (χ1v) is 8.33. The van der Waals surface area contributed by atoms with Crippen LogP contribution in [0.3, 0.4) is 0 Å². The minimum absolute atomic E-state index is 0. The van der Waals surface area contributed by atoms with Crippen LogP contribution >= 0.6 is 35.6 Å². The molecule has 0 spiro atoms. The average Bonchev–Trinajstić information content (AvgIpc) is 2.94. The Morgan fingerprint density at radius 2 is 2.08 bits per heavy atom. The van der Waals surface area contributed by atoms with Crippen LogP contribution in [0.5, 0.6) is 0 Å². The molecule has 0 radical (unpaired) electrons. The van der Waals surface area contributed by atoms with Crippen molar-refractivity contribution in [1.29, 1.82) is 0 Å². The number of ether oxygens (including phenoxy) is 1. The fourth-order valence-corrected chi connectivity index (χ4v) is 3.41. The number of esters is 1. The SMILES string of the molecule is COC(=O)CCCc1c(-c2ccccn2)[nH]c2cc(Cl)cc(Cl)c12.Cl. The van der Waals surface area contributed by atoms with E-state index in [9.17, 15) is 4.79 Å². The second-order valence-electron chi connectivity index (χ2n) is 5.43. The van der Waals surface area contributed by atoms with E-state index >= 15 is 0 Å². The molecule has 4 nitrogen and oxygen atoms in total. The van der Waals surface area contributed by atoms with Gasteiger partial charge < -0.3 is 9.72 Å². The van der Waals surface area contributed by atoms with Crippen molar-refractivity contribution in [3.8, 4) is 11.4 Å². The van der Waals surface area contributed by atoms with Gasteiger partial charge in [0.25, 0.3) is 0 Å². The number of fused-ring (bicyclic) bond motifs is 1. The number of methoxy groups -OCH3 is 1. The molecule has 1 aromatic carbocycles. The smallest absolute Gasteiger partial charge is 0.305 e. The van der Waals surface area contributed by atoms with Crippen LogP contribution in [0.1, 0.15) is 18.4 Å². The molecular weight excluding hydrogens is 383 g/mol. The number of pyridine rings is 1. The van der Waals surface area contributed by atoms with E-state index in [0.29, 0.717) is 29.3 Å². The first-order valence-electron chi connectivity index (χ1n) is 7.58. The Labute approximate surface area is 161 Å². The van der Waals surface area contributed by atoms with Crippen LogP contribution in [-0.4, -0.2) is 23.0 Å². The number of carbonyl (C=O) groups is 1. The lowest BCUT2D eigenvalue weighted by atomic mass is 10.0. The van der Waals surface area contributed by atoms with E-state index in [1.165, 1.54) is 7.11 Å². The quantitative estimate of drug-likeness (QED) is 0.580. The summed E-state index contributed by atoms with van der Waals surface area (Å²) in [5.74, 6) is -0.219. The lowest BCUT2D eigenvalue weighted by Crippen LogP contribution is -2.01.